The van der Waals surface area contributed by atoms with E-state index in [1.54, 1.807) is 14.2 Å². The lowest BCUT2D eigenvalue weighted by Crippen LogP contribution is -2.13. The average Bonchev–Trinajstić information content (AvgIpc) is 2.83. The van der Waals surface area contributed by atoms with Crippen LogP contribution in [0, 0.1) is 6.92 Å². The zero-order valence-corrected chi connectivity index (χ0v) is 17.9. The summed E-state index contributed by atoms with van der Waals surface area (Å²) in [6.45, 7) is 2.13. The molecule has 0 aromatic heterocycles. The van der Waals surface area contributed by atoms with Gasteiger partial charge in [0.1, 0.15) is 23.4 Å². The van der Waals surface area contributed by atoms with Gasteiger partial charge in [0.2, 0.25) is 0 Å². The fraction of sp³-hybridized carbons (Fsp3) is 0.143. The van der Waals surface area contributed by atoms with Gasteiger partial charge in [0, 0.05) is 5.56 Å². The van der Waals surface area contributed by atoms with Crippen molar-refractivity contribution in [3.8, 4) is 17.2 Å². The second-order valence-corrected chi connectivity index (χ2v) is 7.73. The van der Waals surface area contributed by atoms with Crippen LogP contribution >= 0.6 is 0 Å². The predicted octanol–water partition coefficient (Wildman–Crippen LogP) is 6.73. The van der Waals surface area contributed by atoms with E-state index in [1.807, 2.05) is 18.2 Å². The first-order valence-electron chi connectivity index (χ1n) is 10.4. The van der Waals surface area contributed by atoms with Gasteiger partial charge in [-0.1, -0.05) is 48.5 Å². The normalized spacial score (nSPS) is 15.1. The molecule has 1 unspecified atom stereocenters. The highest BCUT2D eigenvalue weighted by Gasteiger charge is 2.25. The Balaban J connectivity index is 1.72. The van der Waals surface area contributed by atoms with Crippen molar-refractivity contribution in [3.63, 3.8) is 0 Å². The average molecular weight is 408 g/mol. The molecule has 0 saturated carbocycles. The van der Waals surface area contributed by atoms with Gasteiger partial charge in [-0.15, -0.1) is 0 Å². The summed E-state index contributed by atoms with van der Waals surface area (Å²) in [5.41, 5.74) is 5.75. The van der Waals surface area contributed by atoms with Gasteiger partial charge in [0.25, 0.3) is 0 Å². The molecule has 0 N–H and O–H groups in total. The molecular weight excluding hydrogens is 384 g/mol. The number of aryl methyl sites for hydroxylation is 1. The van der Waals surface area contributed by atoms with Gasteiger partial charge in [0.15, 0.2) is 0 Å². The number of rotatable bonds is 4. The van der Waals surface area contributed by atoms with Gasteiger partial charge >= 0.3 is 0 Å². The molecule has 154 valence electrons. The quantitative estimate of drug-likeness (QED) is 0.375. The van der Waals surface area contributed by atoms with Gasteiger partial charge in [-0.05, 0) is 76.4 Å². The lowest BCUT2D eigenvalue weighted by molar-refractivity contribution is 0.251. The third-order valence-corrected chi connectivity index (χ3v) is 5.90. The Bertz CT molecular complexity index is 1290. The minimum atomic E-state index is -0.184. The van der Waals surface area contributed by atoms with E-state index in [9.17, 15) is 0 Å². The molecule has 0 aliphatic carbocycles. The Kier molecular flexibility index (Phi) is 4.87. The first kappa shape index (κ1) is 19.3. The molecule has 1 heterocycles. The molecule has 3 heteroatoms. The molecule has 1 aliphatic heterocycles. The van der Waals surface area contributed by atoms with Crippen LogP contribution in [0.2, 0.25) is 0 Å². The number of fused-ring (bicyclic) bond motifs is 3. The molecule has 5 rings (SSSR count). The molecule has 4 aromatic carbocycles. The van der Waals surface area contributed by atoms with E-state index in [4.69, 9.17) is 14.2 Å². The van der Waals surface area contributed by atoms with E-state index < -0.39 is 0 Å². The minimum Gasteiger partial charge on any atom is -0.497 e. The Morgan fingerprint density at radius 1 is 0.774 bits per heavy atom. The van der Waals surface area contributed by atoms with E-state index in [2.05, 4.69) is 73.7 Å². The summed E-state index contributed by atoms with van der Waals surface area (Å²) in [5, 5.41) is 2.39. The number of methoxy groups -OCH3 is 2. The zero-order chi connectivity index (χ0) is 21.4. The fourth-order valence-corrected chi connectivity index (χ4v) is 4.28. The Hall–Kier alpha value is -3.72. The van der Waals surface area contributed by atoms with Crippen LogP contribution in [0.15, 0.2) is 84.9 Å². The molecule has 0 spiro atoms. The smallest absolute Gasteiger partial charge is 0.143 e. The summed E-state index contributed by atoms with van der Waals surface area (Å²) in [7, 11) is 3.38. The summed E-state index contributed by atoms with van der Waals surface area (Å²) in [6, 6.07) is 27.0. The van der Waals surface area contributed by atoms with Crippen LogP contribution in [0.5, 0.6) is 17.2 Å². The van der Waals surface area contributed by atoms with E-state index in [0.29, 0.717) is 0 Å². The maximum atomic E-state index is 6.49. The molecule has 0 saturated heterocycles. The first-order valence-corrected chi connectivity index (χ1v) is 10.4. The molecule has 4 aromatic rings. The molecule has 0 fully saturated rings. The predicted molar refractivity (Wildman–Crippen MR) is 125 cm³/mol. The van der Waals surface area contributed by atoms with Crippen molar-refractivity contribution in [1.29, 1.82) is 0 Å². The number of benzene rings is 4. The summed E-state index contributed by atoms with van der Waals surface area (Å²) < 4.78 is 17.2. The minimum absolute atomic E-state index is 0.184. The lowest BCUT2D eigenvalue weighted by Gasteiger charge is -2.28. The second kappa shape index (κ2) is 7.84. The summed E-state index contributed by atoms with van der Waals surface area (Å²) in [4.78, 5) is 0. The van der Waals surface area contributed by atoms with Gasteiger partial charge in [-0.2, -0.15) is 0 Å². The van der Waals surface area contributed by atoms with Gasteiger partial charge in [-0.25, -0.2) is 0 Å². The molecule has 0 radical (unpaired) electrons. The van der Waals surface area contributed by atoms with E-state index in [0.717, 1.165) is 28.4 Å². The monoisotopic (exact) mass is 408 g/mol. The molecule has 1 aliphatic rings. The lowest BCUT2D eigenvalue weighted by atomic mass is 9.87. The maximum Gasteiger partial charge on any atom is 0.143 e. The topological polar surface area (TPSA) is 27.7 Å². The van der Waals surface area contributed by atoms with Crippen LogP contribution in [-0.4, -0.2) is 14.2 Å². The van der Waals surface area contributed by atoms with E-state index in [1.165, 1.54) is 27.5 Å². The third kappa shape index (κ3) is 3.42. The highest BCUT2D eigenvalue weighted by Crippen LogP contribution is 2.45. The van der Waals surface area contributed by atoms with Crippen molar-refractivity contribution in [2.75, 3.05) is 14.2 Å². The summed E-state index contributed by atoms with van der Waals surface area (Å²) >= 11 is 0. The summed E-state index contributed by atoms with van der Waals surface area (Å²) in [5.74, 6) is 2.59. The van der Waals surface area contributed by atoms with Crippen LogP contribution in [0.25, 0.3) is 16.3 Å². The molecule has 0 amide bonds. The molecule has 31 heavy (non-hydrogen) atoms. The Morgan fingerprint density at radius 2 is 1.52 bits per heavy atom. The van der Waals surface area contributed by atoms with Crippen LogP contribution in [0.1, 0.15) is 28.4 Å². The number of hydrogen-bond acceptors (Lipinski definition) is 3. The molecule has 1 atom stereocenters. The first-order chi connectivity index (χ1) is 15.2. The number of hydrogen-bond donors (Lipinski definition) is 0. The second-order valence-electron chi connectivity index (χ2n) is 7.73. The molecule has 3 nitrogen and oxygen atoms in total. The van der Waals surface area contributed by atoms with Crippen LogP contribution in [0.3, 0.4) is 0 Å². The zero-order valence-electron chi connectivity index (χ0n) is 17.9. The number of ether oxygens (including phenoxy) is 3. The Labute approximate surface area is 182 Å². The highest BCUT2D eigenvalue weighted by molar-refractivity contribution is 6.01. The van der Waals surface area contributed by atoms with E-state index >= 15 is 0 Å². The van der Waals surface area contributed by atoms with Crippen LogP contribution in [0.4, 0.5) is 0 Å². The van der Waals surface area contributed by atoms with Crippen molar-refractivity contribution in [1.82, 2.24) is 0 Å². The summed E-state index contributed by atoms with van der Waals surface area (Å²) in [6.07, 6.45) is 2.04. The van der Waals surface area contributed by atoms with E-state index in [-0.39, 0.29) is 6.10 Å². The van der Waals surface area contributed by atoms with Gasteiger partial charge in [-0.3, -0.25) is 0 Å². The molecular formula is C28H24O3. The van der Waals surface area contributed by atoms with Crippen LogP contribution in [-0.2, 0) is 0 Å². The van der Waals surface area contributed by atoms with Crippen molar-refractivity contribution in [2.24, 2.45) is 0 Å². The standard InChI is InChI=1S/C28H24O3/c1-18-16-22(30-3)13-14-23(18)25-17-27(20-8-11-21(29-2)12-9-20)31-26-15-10-19-6-4-5-7-24(19)28(25)26/h4-17,27H,1-3H3. The molecule has 0 bridgehead atoms. The SMILES string of the molecule is COc1ccc(C2C=C(c3ccc(OC)cc3C)c3c(ccc4ccccc34)O2)cc1. The van der Waals surface area contributed by atoms with Gasteiger partial charge in [0.05, 0.1) is 14.2 Å². The largest absolute Gasteiger partial charge is 0.497 e. The Morgan fingerprint density at radius 3 is 2.26 bits per heavy atom. The maximum absolute atomic E-state index is 6.49. The van der Waals surface area contributed by atoms with Gasteiger partial charge < -0.3 is 14.2 Å². The fourth-order valence-electron chi connectivity index (χ4n) is 4.28. The van der Waals surface area contributed by atoms with Crippen LogP contribution < -0.4 is 14.2 Å². The van der Waals surface area contributed by atoms with Crippen molar-refractivity contribution >= 4 is 16.3 Å². The third-order valence-electron chi connectivity index (χ3n) is 5.90. The highest BCUT2D eigenvalue weighted by atomic mass is 16.5. The van der Waals surface area contributed by atoms with Crippen molar-refractivity contribution < 1.29 is 14.2 Å². The van der Waals surface area contributed by atoms with Crippen molar-refractivity contribution in [3.05, 3.63) is 107 Å². The van der Waals surface area contributed by atoms with Crippen molar-refractivity contribution in [2.45, 2.75) is 13.0 Å².